The predicted octanol–water partition coefficient (Wildman–Crippen LogP) is 3.43. The van der Waals surface area contributed by atoms with Crippen molar-refractivity contribution < 1.29 is 18.0 Å². The lowest BCUT2D eigenvalue weighted by Crippen LogP contribution is -2.25. The lowest BCUT2D eigenvalue weighted by molar-refractivity contribution is -0.137. The average molecular weight is 360 g/mol. The molecule has 1 amide bonds. The van der Waals surface area contributed by atoms with Crippen molar-refractivity contribution in [1.29, 1.82) is 0 Å². The monoisotopic (exact) mass is 360 g/mol. The van der Waals surface area contributed by atoms with Crippen molar-refractivity contribution in [3.05, 3.63) is 71.5 Å². The van der Waals surface area contributed by atoms with Crippen LogP contribution >= 0.6 is 0 Å². The number of pyridine rings is 1. The molecule has 0 saturated carbocycles. The fraction of sp³-hybridized carbons (Fsp3) is 0.167. The first-order valence-corrected chi connectivity index (χ1v) is 7.74. The number of amides is 1. The summed E-state index contributed by atoms with van der Waals surface area (Å²) in [7, 11) is 1.79. The Morgan fingerprint density at radius 1 is 1.15 bits per heavy atom. The van der Waals surface area contributed by atoms with Gasteiger partial charge in [-0.3, -0.25) is 14.5 Å². The normalized spacial score (nSPS) is 11.4. The van der Waals surface area contributed by atoms with E-state index in [9.17, 15) is 18.0 Å². The number of halogens is 3. The van der Waals surface area contributed by atoms with Gasteiger partial charge in [-0.25, -0.2) is 0 Å². The van der Waals surface area contributed by atoms with Gasteiger partial charge >= 0.3 is 6.18 Å². The minimum atomic E-state index is -4.58. The number of benzene rings is 1. The van der Waals surface area contributed by atoms with Crippen LogP contribution in [0.5, 0.6) is 0 Å². The van der Waals surface area contributed by atoms with Crippen LogP contribution in [-0.2, 0) is 19.8 Å². The number of nitrogens with one attached hydrogen (secondary N) is 1. The van der Waals surface area contributed by atoms with Crippen molar-refractivity contribution >= 4 is 5.91 Å². The highest BCUT2D eigenvalue weighted by molar-refractivity contribution is 5.95. The fourth-order valence-electron chi connectivity index (χ4n) is 2.51. The summed E-state index contributed by atoms with van der Waals surface area (Å²) in [4.78, 5) is 16.4. The Hall–Kier alpha value is -3.16. The Labute approximate surface area is 147 Å². The van der Waals surface area contributed by atoms with Crippen LogP contribution in [0.3, 0.4) is 0 Å². The summed E-state index contributed by atoms with van der Waals surface area (Å²) in [6, 6.07) is 10.0. The fourth-order valence-corrected chi connectivity index (χ4v) is 2.51. The molecule has 26 heavy (non-hydrogen) atoms. The second kappa shape index (κ2) is 6.99. The minimum absolute atomic E-state index is 0.0731. The highest BCUT2D eigenvalue weighted by Crippen LogP contribution is 2.31. The van der Waals surface area contributed by atoms with Crippen molar-refractivity contribution in [2.75, 3.05) is 0 Å². The zero-order valence-electron chi connectivity index (χ0n) is 13.8. The number of aromatic nitrogens is 3. The number of carbonyl (C=O) groups is 1. The summed E-state index contributed by atoms with van der Waals surface area (Å²) < 4.78 is 40.6. The van der Waals surface area contributed by atoms with Crippen LogP contribution < -0.4 is 5.32 Å². The van der Waals surface area contributed by atoms with Gasteiger partial charge in [-0.15, -0.1) is 0 Å². The van der Waals surface area contributed by atoms with Gasteiger partial charge in [0.05, 0.1) is 22.5 Å². The van der Waals surface area contributed by atoms with E-state index in [1.54, 1.807) is 36.3 Å². The molecule has 134 valence electrons. The maximum absolute atomic E-state index is 13.0. The van der Waals surface area contributed by atoms with Gasteiger partial charge in [0.2, 0.25) is 0 Å². The molecule has 2 heterocycles. The number of nitrogens with zero attached hydrogens (tertiary/aromatic N) is 3. The number of hydrogen-bond donors (Lipinski definition) is 1. The molecule has 3 aromatic rings. The van der Waals surface area contributed by atoms with Crippen LogP contribution in [0, 0.1) is 0 Å². The Balaban J connectivity index is 1.70. The van der Waals surface area contributed by atoms with Gasteiger partial charge in [-0.2, -0.15) is 18.3 Å². The van der Waals surface area contributed by atoms with E-state index < -0.39 is 23.2 Å². The molecular formula is C18H15F3N4O. The molecule has 0 aliphatic heterocycles. The van der Waals surface area contributed by atoms with Crippen molar-refractivity contribution in [3.63, 3.8) is 0 Å². The Morgan fingerprint density at radius 3 is 2.54 bits per heavy atom. The number of rotatable bonds is 4. The third-order valence-electron chi connectivity index (χ3n) is 3.84. The largest absolute Gasteiger partial charge is 0.417 e. The lowest BCUT2D eigenvalue weighted by Gasteiger charge is -2.12. The number of hydrogen-bond acceptors (Lipinski definition) is 3. The van der Waals surface area contributed by atoms with Crippen LogP contribution in [0.1, 0.15) is 21.5 Å². The van der Waals surface area contributed by atoms with E-state index in [4.69, 9.17) is 0 Å². The molecule has 0 unspecified atom stereocenters. The average Bonchev–Trinajstić information content (AvgIpc) is 3.05. The standard InChI is InChI=1S/C18H15F3N4O/c1-25-16(8-9-24-25)15-7-6-12(10-22-15)11-23-17(26)13-4-2-3-5-14(13)18(19,20)21/h2-10H,11H2,1H3,(H,23,26). The molecule has 2 aromatic heterocycles. The first-order valence-electron chi connectivity index (χ1n) is 7.74. The second-order valence-corrected chi connectivity index (χ2v) is 5.62. The van der Waals surface area contributed by atoms with E-state index in [0.717, 1.165) is 17.8 Å². The highest BCUT2D eigenvalue weighted by atomic mass is 19.4. The van der Waals surface area contributed by atoms with Crippen LogP contribution in [-0.4, -0.2) is 20.7 Å². The Kier molecular flexibility index (Phi) is 4.75. The summed E-state index contributed by atoms with van der Waals surface area (Å²) in [6.45, 7) is 0.0731. The first-order chi connectivity index (χ1) is 12.4. The van der Waals surface area contributed by atoms with E-state index in [1.807, 2.05) is 6.07 Å². The van der Waals surface area contributed by atoms with Crippen LogP contribution in [0.25, 0.3) is 11.4 Å². The zero-order chi connectivity index (χ0) is 18.7. The minimum Gasteiger partial charge on any atom is -0.348 e. The van der Waals surface area contributed by atoms with Gasteiger partial charge in [0.15, 0.2) is 0 Å². The van der Waals surface area contributed by atoms with Gasteiger partial charge in [0.1, 0.15) is 0 Å². The highest BCUT2D eigenvalue weighted by Gasteiger charge is 2.34. The number of alkyl halides is 3. The summed E-state index contributed by atoms with van der Waals surface area (Å²) in [6.07, 6.45) is -1.36. The first kappa shape index (κ1) is 17.7. The molecule has 3 rings (SSSR count). The van der Waals surface area contributed by atoms with E-state index >= 15 is 0 Å². The molecule has 1 aromatic carbocycles. The molecule has 8 heteroatoms. The molecule has 0 fully saturated rings. The number of carbonyl (C=O) groups excluding carboxylic acids is 1. The van der Waals surface area contributed by atoms with Crippen LogP contribution in [0.4, 0.5) is 13.2 Å². The van der Waals surface area contributed by atoms with E-state index in [-0.39, 0.29) is 6.54 Å². The van der Waals surface area contributed by atoms with Gasteiger partial charge in [-0.05, 0) is 29.8 Å². The molecule has 5 nitrogen and oxygen atoms in total. The quantitative estimate of drug-likeness (QED) is 0.775. The molecule has 0 bridgehead atoms. The maximum Gasteiger partial charge on any atom is 0.417 e. The molecule has 0 radical (unpaired) electrons. The SMILES string of the molecule is Cn1nccc1-c1ccc(CNC(=O)c2ccccc2C(F)(F)F)cn1. The summed E-state index contributed by atoms with van der Waals surface area (Å²) >= 11 is 0. The predicted molar refractivity (Wildman–Crippen MR) is 89.1 cm³/mol. The summed E-state index contributed by atoms with van der Waals surface area (Å²) in [5.41, 5.74) is 0.859. The molecule has 0 saturated heterocycles. The van der Waals surface area contributed by atoms with E-state index in [2.05, 4.69) is 15.4 Å². The Bertz CT molecular complexity index is 917. The molecule has 0 aliphatic carbocycles. The maximum atomic E-state index is 13.0. The topological polar surface area (TPSA) is 59.8 Å². The van der Waals surface area contributed by atoms with Crippen LogP contribution in [0.15, 0.2) is 54.9 Å². The summed E-state index contributed by atoms with van der Waals surface area (Å²) in [5, 5.41) is 6.56. The number of aryl methyl sites for hydroxylation is 1. The lowest BCUT2D eigenvalue weighted by atomic mass is 10.1. The second-order valence-electron chi connectivity index (χ2n) is 5.62. The van der Waals surface area contributed by atoms with Gasteiger partial charge < -0.3 is 5.32 Å². The smallest absolute Gasteiger partial charge is 0.348 e. The van der Waals surface area contributed by atoms with E-state index in [1.165, 1.54) is 12.1 Å². The zero-order valence-corrected chi connectivity index (χ0v) is 13.8. The molecule has 0 atom stereocenters. The third-order valence-corrected chi connectivity index (χ3v) is 3.84. The third kappa shape index (κ3) is 3.74. The van der Waals surface area contributed by atoms with Gasteiger partial charge in [0, 0.05) is 26.0 Å². The Morgan fingerprint density at radius 2 is 1.92 bits per heavy atom. The van der Waals surface area contributed by atoms with Gasteiger partial charge in [0.25, 0.3) is 5.91 Å². The van der Waals surface area contributed by atoms with E-state index in [0.29, 0.717) is 11.3 Å². The van der Waals surface area contributed by atoms with Crippen molar-refractivity contribution in [3.8, 4) is 11.4 Å². The molecule has 1 N–H and O–H groups in total. The van der Waals surface area contributed by atoms with Crippen molar-refractivity contribution in [1.82, 2.24) is 20.1 Å². The molecular weight excluding hydrogens is 345 g/mol. The van der Waals surface area contributed by atoms with Crippen molar-refractivity contribution in [2.45, 2.75) is 12.7 Å². The van der Waals surface area contributed by atoms with Gasteiger partial charge in [-0.1, -0.05) is 18.2 Å². The molecule has 0 aliphatic rings. The van der Waals surface area contributed by atoms with Crippen molar-refractivity contribution in [2.24, 2.45) is 7.05 Å². The summed E-state index contributed by atoms with van der Waals surface area (Å²) in [5.74, 6) is -0.784. The van der Waals surface area contributed by atoms with Crippen LogP contribution in [0.2, 0.25) is 0 Å². The molecule has 0 spiro atoms.